The number of carboxylic acids is 1. The van der Waals surface area contributed by atoms with E-state index in [2.05, 4.69) is 9.88 Å². The highest BCUT2D eigenvalue weighted by Crippen LogP contribution is 2.25. The molecule has 1 aromatic heterocycles. The summed E-state index contributed by atoms with van der Waals surface area (Å²) in [6, 6.07) is 12.9. The Labute approximate surface area is 169 Å². The third-order valence-electron chi connectivity index (χ3n) is 4.65. The zero-order chi connectivity index (χ0) is 20.8. The van der Waals surface area contributed by atoms with Crippen LogP contribution in [0.4, 0.5) is 0 Å². The molecule has 2 N–H and O–H groups in total. The summed E-state index contributed by atoms with van der Waals surface area (Å²) in [5, 5.41) is 13.1. The average Bonchev–Trinajstić information content (AvgIpc) is 3.12. The fraction of sp³-hybridized carbons (Fsp3) is 0.217. The summed E-state index contributed by atoms with van der Waals surface area (Å²) >= 11 is 0. The molecular formula is C23H24N2O4. The van der Waals surface area contributed by atoms with Crippen LogP contribution in [0.3, 0.4) is 0 Å². The van der Waals surface area contributed by atoms with Crippen molar-refractivity contribution in [2.75, 3.05) is 13.7 Å². The summed E-state index contributed by atoms with van der Waals surface area (Å²) in [6.45, 7) is 3.21. The van der Waals surface area contributed by atoms with Crippen molar-refractivity contribution in [3.05, 3.63) is 71.4 Å². The van der Waals surface area contributed by atoms with Crippen LogP contribution in [0.25, 0.3) is 17.0 Å². The average molecular weight is 392 g/mol. The van der Waals surface area contributed by atoms with Gasteiger partial charge in [-0.1, -0.05) is 25.1 Å². The molecule has 0 saturated carbocycles. The molecule has 1 amide bonds. The van der Waals surface area contributed by atoms with E-state index in [0.717, 1.165) is 28.5 Å². The molecule has 0 aliphatic carbocycles. The van der Waals surface area contributed by atoms with Crippen molar-refractivity contribution >= 4 is 28.9 Å². The van der Waals surface area contributed by atoms with E-state index in [9.17, 15) is 9.59 Å². The Bertz CT molecular complexity index is 1070. The molecular weight excluding hydrogens is 368 g/mol. The number of hydrogen-bond acceptors (Lipinski definition) is 3. The van der Waals surface area contributed by atoms with Crippen molar-refractivity contribution in [1.29, 1.82) is 0 Å². The summed E-state index contributed by atoms with van der Waals surface area (Å²) in [7, 11) is 1.53. The predicted molar refractivity (Wildman–Crippen MR) is 113 cm³/mol. The number of aromatic carboxylic acids is 1. The Balaban J connectivity index is 1.86. The Morgan fingerprint density at radius 1 is 1.17 bits per heavy atom. The molecule has 0 bridgehead atoms. The van der Waals surface area contributed by atoms with Gasteiger partial charge >= 0.3 is 5.97 Å². The summed E-state index contributed by atoms with van der Waals surface area (Å²) < 4.78 is 7.46. The van der Waals surface area contributed by atoms with Crippen LogP contribution in [0.5, 0.6) is 5.75 Å². The Kier molecular flexibility index (Phi) is 6.34. The molecule has 6 nitrogen and oxygen atoms in total. The number of nitrogens with one attached hydrogen (secondary N) is 1. The van der Waals surface area contributed by atoms with Gasteiger partial charge in [0.15, 0.2) is 0 Å². The lowest BCUT2D eigenvalue weighted by Gasteiger charge is -2.11. The van der Waals surface area contributed by atoms with Crippen LogP contribution in [0.2, 0.25) is 0 Å². The van der Waals surface area contributed by atoms with Gasteiger partial charge in [-0.15, -0.1) is 0 Å². The van der Waals surface area contributed by atoms with Crippen molar-refractivity contribution in [2.24, 2.45) is 0 Å². The zero-order valence-corrected chi connectivity index (χ0v) is 16.5. The molecule has 0 aliphatic heterocycles. The summed E-state index contributed by atoms with van der Waals surface area (Å²) in [6.07, 6.45) is 6.22. The van der Waals surface area contributed by atoms with E-state index in [1.54, 1.807) is 18.2 Å². The molecule has 150 valence electrons. The second-order valence-electron chi connectivity index (χ2n) is 6.72. The minimum Gasteiger partial charge on any atom is -0.496 e. The number of rotatable bonds is 8. The molecule has 0 atom stereocenters. The summed E-state index contributed by atoms with van der Waals surface area (Å²) in [5.74, 6) is -0.554. The van der Waals surface area contributed by atoms with Crippen LogP contribution in [0.15, 0.2) is 54.7 Å². The number of carbonyl (C=O) groups excluding carboxylic acids is 1. The highest BCUT2D eigenvalue weighted by Gasteiger charge is 2.11. The van der Waals surface area contributed by atoms with Gasteiger partial charge in [-0.2, -0.15) is 0 Å². The van der Waals surface area contributed by atoms with E-state index in [0.29, 0.717) is 18.8 Å². The quantitative estimate of drug-likeness (QED) is 0.569. The van der Waals surface area contributed by atoms with Gasteiger partial charge in [0.2, 0.25) is 5.91 Å². The van der Waals surface area contributed by atoms with Gasteiger partial charge in [-0.25, -0.2) is 4.79 Å². The molecule has 0 fully saturated rings. The number of amides is 1. The number of nitrogens with zero attached hydrogens (tertiary/aromatic N) is 1. The highest BCUT2D eigenvalue weighted by molar-refractivity contribution is 5.92. The van der Waals surface area contributed by atoms with Crippen LogP contribution < -0.4 is 10.1 Å². The topological polar surface area (TPSA) is 80.6 Å². The molecule has 0 saturated heterocycles. The van der Waals surface area contributed by atoms with Crippen LogP contribution in [0.1, 0.15) is 34.8 Å². The Morgan fingerprint density at radius 3 is 2.72 bits per heavy atom. The van der Waals surface area contributed by atoms with Gasteiger partial charge < -0.3 is 19.7 Å². The summed E-state index contributed by atoms with van der Waals surface area (Å²) in [4.78, 5) is 23.0. The van der Waals surface area contributed by atoms with Gasteiger partial charge in [0.05, 0.1) is 19.2 Å². The second-order valence-corrected chi connectivity index (χ2v) is 6.72. The van der Waals surface area contributed by atoms with Crippen LogP contribution >= 0.6 is 0 Å². The fourth-order valence-electron chi connectivity index (χ4n) is 3.11. The van der Waals surface area contributed by atoms with Crippen molar-refractivity contribution in [1.82, 2.24) is 9.88 Å². The number of methoxy groups -OCH3 is 1. The second kappa shape index (κ2) is 9.10. The maximum absolute atomic E-state index is 11.8. The van der Waals surface area contributed by atoms with E-state index in [1.807, 2.05) is 37.4 Å². The van der Waals surface area contributed by atoms with Gasteiger partial charge in [-0.05, 0) is 47.7 Å². The number of fused-ring (bicyclic) bond motifs is 1. The molecule has 0 aliphatic rings. The first-order valence-corrected chi connectivity index (χ1v) is 9.47. The van der Waals surface area contributed by atoms with E-state index < -0.39 is 5.97 Å². The molecule has 29 heavy (non-hydrogen) atoms. The third kappa shape index (κ3) is 4.85. The van der Waals surface area contributed by atoms with Gasteiger partial charge in [0.25, 0.3) is 0 Å². The monoisotopic (exact) mass is 392 g/mol. The maximum atomic E-state index is 11.8. The first kappa shape index (κ1) is 20.2. The SMILES string of the molecule is CCCNC(=O)C=Cc1ccc2ccn(Cc3ccc(C(=O)O)cc3OC)c2c1. The number of benzene rings is 2. The number of ether oxygens (including phenoxy) is 1. The molecule has 3 aromatic rings. The molecule has 0 radical (unpaired) electrons. The van der Waals surface area contributed by atoms with Gasteiger partial charge in [0.1, 0.15) is 5.75 Å². The lowest BCUT2D eigenvalue weighted by molar-refractivity contribution is -0.116. The normalized spacial score (nSPS) is 11.1. The van der Waals surface area contributed by atoms with Gasteiger partial charge in [-0.3, -0.25) is 4.79 Å². The van der Waals surface area contributed by atoms with Crippen LogP contribution in [-0.2, 0) is 11.3 Å². The van der Waals surface area contributed by atoms with Gasteiger partial charge in [0, 0.05) is 29.9 Å². The van der Waals surface area contributed by atoms with Crippen LogP contribution in [-0.4, -0.2) is 35.2 Å². The van der Waals surface area contributed by atoms with Crippen molar-refractivity contribution < 1.29 is 19.4 Å². The molecule has 6 heteroatoms. The molecule has 1 heterocycles. The molecule has 3 rings (SSSR count). The largest absolute Gasteiger partial charge is 0.496 e. The lowest BCUT2D eigenvalue weighted by atomic mass is 10.1. The Morgan fingerprint density at radius 2 is 2.00 bits per heavy atom. The van der Waals surface area contributed by atoms with E-state index >= 15 is 0 Å². The fourth-order valence-corrected chi connectivity index (χ4v) is 3.11. The molecule has 2 aromatic carbocycles. The number of carboxylic acid groups (broad SMARTS) is 1. The minimum absolute atomic E-state index is 0.106. The van der Waals surface area contributed by atoms with Crippen molar-refractivity contribution in [2.45, 2.75) is 19.9 Å². The minimum atomic E-state index is -0.985. The standard InChI is InChI=1S/C23H24N2O4/c1-3-11-24-22(26)9-5-16-4-6-17-10-12-25(20(17)13-16)15-19-8-7-18(23(27)28)14-21(19)29-2/h4-10,12-14H,3,11,15H2,1-2H3,(H,24,26)(H,27,28). The first-order valence-electron chi connectivity index (χ1n) is 9.47. The van der Waals surface area contributed by atoms with E-state index in [1.165, 1.54) is 19.3 Å². The highest BCUT2D eigenvalue weighted by atomic mass is 16.5. The van der Waals surface area contributed by atoms with Crippen molar-refractivity contribution in [3.63, 3.8) is 0 Å². The molecule has 0 unspecified atom stereocenters. The smallest absolute Gasteiger partial charge is 0.335 e. The third-order valence-corrected chi connectivity index (χ3v) is 4.65. The maximum Gasteiger partial charge on any atom is 0.335 e. The van der Waals surface area contributed by atoms with E-state index in [4.69, 9.17) is 9.84 Å². The summed E-state index contributed by atoms with van der Waals surface area (Å²) in [5.41, 5.74) is 3.02. The zero-order valence-electron chi connectivity index (χ0n) is 16.5. The number of hydrogen-bond donors (Lipinski definition) is 2. The van der Waals surface area contributed by atoms with Crippen LogP contribution in [0, 0.1) is 0 Å². The van der Waals surface area contributed by atoms with E-state index in [-0.39, 0.29) is 11.5 Å². The lowest BCUT2D eigenvalue weighted by Crippen LogP contribution is -2.21. The number of aromatic nitrogens is 1. The number of carbonyl (C=O) groups is 2. The molecule has 0 spiro atoms. The Hall–Kier alpha value is -3.54. The van der Waals surface area contributed by atoms with Crippen molar-refractivity contribution in [3.8, 4) is 5.75 Å². The predicted octanol–water partition coefficient (Wildman–Crippen LogP) is 3.94. The first-order chi connectivity index (χ1) is 14.0.